The van der Waals surface area contributed by atoms with Crippen molar-refractivity contribution >= 4 is 12.0 Å². The molecule has 0 spiro atoms. The Morgan fingerprint density at radius 2 is 1.84 bits per heavy atom. The van der Waals surface area contributed by atoms with Crippen molar-refractivity contribution < 1.29 is 14.3 Å². The predicted molar refractivity (Wildman–Crippen MR) is 126 cm³/mol. The van der Waals surface area contributed by atoms with E-state index >= 15 is 0 Å². The minimum absolute atomic E-state index is 0.00452. The number of aromatic nitrogens is 2. The Balaban J connectivity index is 1.70. The average molecular weight is 432 g/mol. The van der Waals surface area contributed by atoms with Crippen molar-refractivity contribution in [1.29, 1.82) is 0 Å². The summed E-state index contributed by atoms with van der Waals surface area (Å²) in [5.41, 5.74) is 3.43. The first-order valence-electron chi connectivity index (χ1n) is 10.8. The molecule has 1 unspecified atom stereocenters. The van der Waals surface area contributed by atoms with Gasteiger partial charge in [0.2, 0.25) is 5.91 Å². The highest BCUT2D eigenvalue weighted by atomic mass is 16.5. The Bertz CT molecular complexity index is 1120. The fourth-order valence-electron chi connectivity index (χ4n) is 3.80. The van der Waals surface area contributed by atoms with Crippen molar-refractivity contribution in [1.82, 2.24) is 14.7 Å². The van der Waals surface area contributed by atoms with Gasteiger partial charge in [-0.1, -0.05) is 18.2 Å². The second-order valence-electron chi connectivity index (χ2n) is 8.14. The van der Waals surface area contributed by atoms with Gasteiger partial charge in [0.15, 0.2) is 11.5 Å². The van der Waals surface area contributed by atoms with Crippen molar-refractivity contribution in [3.63, 3.8) is 0 Å². The Morgan fingerprint density at radius 3 is 2.50 bits per heavy atom. The van der Waals surface area contributed by atoms with E-state index in [2.05, 4.69) is 6.92 Å². The summed E-state index contributed by atoms with van der Waals surface area (Å²) in [7, 11) is 5.10. The number of carbonyl (C=O) groups excluding carboxylic acids is 1. The lowest BCUT2D eigenvalue weighted by Gasteiger charge is -2.23. The predicted octanol–water partition coefficient (Wildman–Crippen LogP) is 4.83. The largest absolute Gasteiger partial charge is 0.493 e. The van der Waals surface area contributed by atoms with Gasteiger partial charge < -0.3 is 14.4 Å². The van der Waals surface area contributed by atoms with Gasteiger partial charge in [-0.25, -0.2) is 4.68 Å². The molecule has 1 aliphatic carbocycles. The number of likely N-dealkylation sites (N-methyl/N-ethyl adjacent to an activating group) is 1. The number of ether oxygens (including phenoxy) is 2. The molecule has 1 fully saturated rings. The number of amides is 1. The molecule has 0 aliphatic heterocycles. The molecule has 1 atom stereocenters. The van der Waals surface area contributed by atoms with E-state index < -0.39 is 0 Å². The third-order valence-corrected chi connectivity index (χ3v) is 6.09. The molecule has 1 aromatic heterocycles. The van der Waals surface area contributed by atoms with E-state index in [4.69, 9.17) is 14.6 Å². The lowest BCUT2D eigenvalue weighted by molar-refractivity contribution is -0.126. The minimum atomic E-state index is -0.00452. The van der Waals surface area contributed by atoms with Crippen LogP contribution in [0.1, 0.15) is 25.3 Å². The number of rotatable bonds is 8. The molecule has 2 aromatic carbocycles. The zero-order chi connectivity index (χ0) is 22.7. The van der Waals surface area contributed by atoms with Crippen molar-refractivity contribution in [2.45, 2.75) is 25.8 Å². The van der Waals surface area contributed by atoms with Crippen LogP contribution in [0.15, 0.2) is 60.8 Å². The van der Waals surface area contributed by atoms with E-state index in [1.807, 2.05) is 77.4 Å². The first-order valence-corrected chi connectivity index (χ1v) is 10.8. The second kappa shape index (κ2) is 9.30. The highest BCUT2D eigenvalue weighted by molar-refractivity contribution is 5.93. The molecule has 166 valence electrons. The first kappa shape index (κ1) is 21.7. The quantitative estimate of drug-likeness (QED) is 0.480. The topological polar surface area (TPSA) is 56.6 Å². The van der Waals surface area contributed by atoms with Gasteiger partial charge in [0.1, 0.15) is 5.69 Å². The van der Waals surface area contributed by atoms with Crippen LogP contribution in [0.25, 0.3) is 23.0 Å². The zero-order valence-electron chi connectivity index (χ0n) is 19.0. The molecular formula is C26H29N3O3. The third-order valence-electron chi connectivity index (χ3n) is 6.09. The number of nitrogens with zero attached hydrogens (tertiary/aromatic N) is 3. The average Bonchev–Trinajstić information content (AvgIpc) is 3.60. The fourth-order valence-corrected chi connectivity index (χ4v) is 3.80. The van der Waals surface area contributed by atoms with Crippen LogP contribution in [0.4, 0.5) is 0 Å². The molecule has 0 radical (unpaired) electrons. The lowest BCUT2D eigenvalue weighted by Crippen LogP contribution is -2.35. The van der Waals surface area contributed by atoms with Gasteiger partial charge in [0.25, 0.3) is 0 Å². The van der Waals surface area contributed by atoms with Crippen LogP contribution >= 0.6 is 0 Å². The van der Waals surface area contributed by atoms with Crippen LogP contribution < -0.4 is 9.47 Å². The number of benzene rings is 2. The van der Waals surface area contributed by atoms with E-state index in [0.29, 0.717) is 17.4 Å². The molecule has 4 rings (SSSR count). The molecule has 0 bridgehead atoms. The summed E-state index contributed by atoms with van der Waals surface area (Å²) in [4.78, 5) is 14.6. The van der Waals surface area contributed by atoms with E-state index in [1.165, 1.54) is 12.8 Å². The number of carbonyl (C=O) groups is 1. The van der Waals surface area contributed by atoms with Gasteiger partial charge >= 0.3 is 0 Å². The summed E-state index contributed by atoms with van der Waals surface area (Å²) in [6.07, 6.45) is 7.83. The van der Waals surface area contributed by atoms with E-state index in [0.717, 1.165) is 22.5 Å². The standard InChI is InChI=1S/C26H29N3O3/c1-18(19-10-11-19)28(2)25(30)15-13-21-17-29(22-8-6-5-7-9-22)27-26(21)20-12-14-23(31-3)24(16-20)32-4/h5-9,12-19H,10-11H2,1-4H3/b15-13+. The molecule has 1 saturated carbocycles. The monoisotopic (exact) mass is 431 g/mol. The highest BCUT2D eigenvalue weighted by Gasteiger charge is 2.31. The van der Waals surface area contributed by atoms with Crippen molar-refractivity contribution in [2.75, 3.05) is 21.3 Å². The van der Waals surface area contributed by atoms with Crippen LogP contribution in [-0.4, -0.2) is 47.9 Å². The molecule has 3 aromatic rings. The van der Waals surface area contributed by atoms with Crippen LogP contribution in [0.3, 0.4) is 0 Å². The first-order chi connectivity index (χ1) is 15.5. The maximum Gasteiger partial charge on any atom is 0.246 e. The molecule has 6 nitrogen and oxygen atoms in total. The zero-order valence-corrected chi connectivity index (χ0v) is 19.0. The maximum atomic E-state index is 12.8. The third kappa shape index (κ3) is 4.54. The van der Waals surface area contributed by atoms with Crippen LogP contribution in [0, 0.1) is 5.92 Å². The number of para-hydroxylation sites is 1. The smallest absolute Gasteiger partial charge is 0.246 e. The van der Waals surface area contributed by atoms with Gasteiger partial charge in [-0.05, 0) is 62.1 Å². The molecule has 0 N–H and O–H groups in total. The summed E-state index contributed by atoms with van der Waals surface area (Å²) in [5, 5.41) is 4.82. The summed E-state index contributed by atoms with van der Waals surface area (Å²) in [5.74, 6) is 1.90. The Hall–Kier alpha value is -3.54. The Kier molecular flexibility index (Phi) is 6.30. The van der Waals surface area contributed by atoms with Crippen LogP contribution in [0.2, 0.25) is 0 Å². The van der Waals surface area contributed by atoms with Crippen molar-refractivity contribution in [3.05, 3.63) is 66.4 Å². The molecule has 0 saturated heterocycles. The van der Waals surface area contributed by atoms with Crippen molar-refractivity contribution in [2.24, 2.45) is 5.92 Å². The number of hydrogen-bond acceptors (Lipinski definition) is 4. The highest BCUT2D eigenvalue weighted by Crippen LogP contribution is 2.35. The van der Waals surface area contributed by atoms with Gasteiger partial charge in [-0.2, -0.15) is 5.10 Å². The molecule has 6 heteroatoms. The van der Waals surface area contributed by atoms with Crippen LogP contribution in [0.5, 0.6) is 11.5 Å². The summed E-state index contributed by atoms with van der Waals surface area (Å²) < 4.78 is 12.7. The van der Waals surface area contributed by atoms with E-state index in [1.54, 1.807) is 20.3 Å². The summed E-state index contributed by atoms with van der Waals surface area (Å²) in [6, 6.07) is 15.9. The molecule has 1 amide bonds. The van der Waals surface area contributed by atoms with E-state index in [-0.39, 0.29) is 11.9 Å². The number of hydrogen-bond donors (Lipinski definition) is 0. The van der Waals surface area contributed by atoms with Crippen LogP contribution in [-0.2, 0) is 4.79 Å². The second-order valence-corrected chi connectivity index (χ2v) is 8.14. The minimum Gasteiger partial charge on any atom is -0.493 e. The Morgan fingerprint density at radius 1 is 1.12 bits per heavy atom. The summed E-state index contributed by atoms with van der Waals surface area (Å²) in [6.45, 7) is 2.12. The van der Waals surface area contributed by atoms with Gasteiger partial charge in [-0.3, -0.25) is 4.79 Å². The summed E-state index contributed by atoms with van der Waals surface area (Å²) >= 11 is 0. The molecule has 1 heterocycles. The maximum absolute atomic E-state index is 12.8. The SMILES string of the molecule is COc1ccc(-c2nn(-c3ccccc3)cc2/C=C/C(=O)N(C)C(C)C2CC2)cc1OC. The fraction of sp³-hybridized carbons (Fsp3) is 0.308. The van der Waals surface area contributed by atoms with Gasteiger partial charge in [0.05, 0.1) is 19.9 Å². The van der Waals surface area contributed by atoms with Gasteiger partial charge in [-0.15, -0.1) is 0 Å². The number of methoxy groups -OCH3 is 2. The lowest BCUT2D eigenvalue weighted by atomic mass is 10.1. The molecule has 1 aliphatic rings. The van der Waals surface area contributed by atoms with E-state index in [9.17, 15) is 4.79 Å². The molecule has 32 heavy (non-hydrogen) atoms. The van der Waals surface area contributed by atoms with Gasteiger partial charge in [0, 0.05) is 36.5 Å². The molecular weight excluding hydrogens is 402 g/mol. The normalized spacial score (nSPS) is 14.4. The van der Waals surface area contributed by atoms with Crippen molar-refractivity contribution in [3.8, 4) is 28.4 Å². The Labute approximate surface area is 189 Å².